The van der Waals surface area contributed by atoms with E-state index in [0.29, 0.717) is 6.04 Å². The van der Waals surface area contributed by atoms with Gasteiger partial charge >= 0.3 is 0 Å². The largest absolute Gasteiger partial charge is 0.297 e. The highest BCUT2D eigenvalue weighted by molar-refractivity contribution is 5.73. The average molecular weight is 283 g/mol. The highest BCUT2D eigenvalue weighted by Gasteiger charge is 2.32. The van der Waals surface area contributed by atoms with Gasteiger partial charge in [-0.25, -0.2) is 0 Å². The van der Waals surface area contributed by atoms with Crippen molar-refractivity contribution in [3.05, 3.63) is 40.5 Å². The molecule has 1 aromatic rings. The summed E-state index contributed by atoms with van der Waals surface area (Å²) in [5, 5.41) is 0. The van der Waals surface area contributed by atoms with Crippen molar-refractivity contribution >= 4 is 5.57 Å². The zero-order valence-electron chi connectivity index (χ0n) is 14.1. The van der Waals surface area contributed by atoms with Crippen molar-refractivity contribution in [2.24, 2.45) is 0 Å². The molecule has 0 amide bonds. The van der Waals surface area contributed by atoms with Gasteiger partial charge in [-0.1, -0.05) is 44.0 Å². The van der Waals surface area contributed by atoms with Crippen LogP contribution in [0.15, 0.2) is 18.2 Å². The summed E-state index contributed by atoms with van der Waals surface area (Å²) in [5.74, 6) is 0. The Labute approximate surface area is 130 Å². The molecule has 1 saturated heterocycles. The summed E-state index contributed by atoms with van der Waals surface area (Å²) in [6, 6.07) is 6.25. The fourth-order valence-corrected chi connectivity index (χ4v) is 4.34. The number of rotatable bonds is 3. The van der Waals surface area contributed by atoms with Crippen LogP contribution >= 0.6 is 0 Å². The molecule has 1 fully saturated rings. The van der Waals surface area contributed by atoms with Crippen molar-refractivity contribution in [1.29, 1.82) is 0 Å². The Hall–Kier alpha value is -1.08. The highest BCUT2D eigenvalue weighted by Crippen LogP contribution is 2.38. The van der Waals surface area contributed by atoms with Crippen molar-refractivity contribution in [3.63, 3.8) is 0 Å². The zero-order valence-corrected chi connectivity index (χ0v) is 14.1. The maximum atomic E-state index is 2.61. The van der Waals surface area contributed by atoms with Crippen LogP contribution in [0.1, 0.15) is 61.8 Å². The molecule has 0 spiro atoms. The van der Waals surface area contributed by atoms with Crippen LogP contribution in [0.2, 0.25) is 0 Å². The van der Waals surface area contributed by atoms with Crippen molar-refractivity contribution in [2.45, 2.75) is 71.4 Å². The second-order valence-corrected chi connectivity index (χ2v) is 6.88. The van der Waals surface area contributed by atoms with E-state index in [-0.39, 0.29) is 0 Å². The first-order valence-electron chi connectivity index (χ1n) is 8.69. The van der Waals surface area contributed by atoms with Gasteiger partial charge in [0.1, 0.15) is 0 Å². The van der Waals surface area contributed by atoms with E-state index in [9.17, 15) is 0 Å². The third-order valence-corrected chi connectivity index (χ3v) is 5.51. The molecule has 1 aromatic carbocycles. The van der Waals surface area contributed by atoms with Gasteiger partial charge in [0.15, 0.2) is 0 Å². The summed E-state index contributed by atoms with van der Waals surface area (Å²) < 4.78 is 0. The second-order valence-electron chi connectivity index (χ2n) is 6.88. The molecule has 0 aromatic heterocycles. The van der Waals surface area contributed by atoms with Gasteiger partial charge in [-0.15, -0.1) is 0 Å². The molecule has 21 heavy (non-hydrogen) atoms. The second kappa shape index (κ2) is 5.96. The minimum Gasteiger partial charge on any atom is -0.297 e. The van der Waals surface area contributed by atoms with Gasteiger partial charge in [0, 0.05) is 12.1 Å². The van der Waals surface area contributed by atoms with Crippen molar-refractivity contribution in [1.82, 2.24) is 4.90 Å². The maximum Gasteiger partial charge on any atom is 0.0284 e. The minimum absolute atomic E-state index is 0.670. The predicted octanol–water partition coefficient (Wildman–Crippen LogP) is 4.76. The average Bonchev–Trinajstić information content (AvgIpc) is 2.46. The molecule has 0 saturated carbocycles. The first kappa shape index (κ1) is 14.8. The van der Waals surface area contributed by atoms with E-state index in [1.807, 2.05) is 0 Å². The Kier molecular flexibility index (Phi) is 4.21. The summed E-state index contributed by atoms with van der Waals surface area (Å²) in [4.78, 5) is 2.61. The lowest BCUT2D eigenvalue weighted by Crippen LogP contribution is -2.45. The standard InChI is InChI=1S/C20H29N/c1-5-15-10-14(3)11-16(6-2)20(15)17-12-18-8-7-9-19(13-17)21(18)4/h10-12,18-19H,5-9,13H2,1-4H3. The number of nitrogens with zero attached hydrogens (tertiary/aromatic N) is 1. The molecule has 2 aliphatic heterocycles. The summed E-state index contributed by atoms with van der Waals surface area (Å²) in [5.41, 5.74) is 7.76. The van der Waals surface area contributed by atoms with E-state index < -0.39 is 0 Å². The molecule has 1 heteroatoms. The lowest BCUT2D eigenvalue weighted by Gasteiger charge is -2.43. The number of fused-ring (bicyclic) bond motifs is 2. The number of likely N-dealkylation sites (N-methyl/N-ethyl adjacent to an activating group) is 1. The minimum atomic E-state index is 0.670. The third kappa shape index (κ3) is 2.68. The van der Waals surface area contributed by atoms with Crippen LogP contribution in [0, 0.1) is 6.92 Å². The molecule has 114 valence electrons. The topological polar surface area (TPSA) is 3.24 Å². The van der Waals surface area contributed by atoms with Gasteiger partial charge in [-0.2, -0.15) is 0 Å². The Morgan fingerprint density at radius 2 is 1.76 bits per heavy atom. The van der Waals surface area contributed by atoms with Crippen molar-refractivity contribution < 1.29 is 0 Å². The van der Waals surface area contributed by atoms with Gasteiger partial charge in [0.25, 0.3) is 0 Å². The maximum absolute atomic E-state index is 2.61. The van der Waals surface area contributed by atoms with Crippen LogP contribution in [0.3, 0.4) is 0 Å². The van der Waals surface area contributed by atoms with Gasteiger partial charge in [0.2, 0.25) is 0 Å². The van der Waals surface area contributed by atoms with Crippen LogP contribution in [-0.2, 0) is 12.8 Å². The molecule has 1 nitrogen and oxygen atoms in total. The van der Waals surface area contributed by atoms with Crippen molar-refractivity contribution in [3.8, 4) is 0 Å². The fraction of sp³-hybridized carbons (Fsp3) is 0.600. The van der Waals surface area contributed by atoms with Crippen LogP contribution in [0.4, 0.5) is 0 Å². The fourth-order valence-electron chi connectivity index (χ4n) is 4.34. The molecule has 0 aliphatic carbocycles. The van der Waals surface area contributed by atoms with E-state index in [1.165, 1.54) is 31.2 Å². The summed E-state index contributed by atoms with van der Waals surface area (Å²) in [6.07, 6.45) is 10.2. The Morgan fingerprint density at radius 1 is 1.10 bits per heavy atom. The highest BCUT2D eigenvalue weighted by atomic mass is 15.2. The van der Waals surface area contributed by atoms with Crippen LogP contribution < -0.4 is 0 Å². The van der Waals surface area contributed by atoms with Gasteiger partial charge in [-0.3, -0.25) is 4.90 Å². The van der Waals surface area contributed by atoms with Crippen LogP contribution in [0.5, 0.6) is 0 Å². The number of aryl methyl sites for hydroxylation is 3. The van der Waals surface area contributed by atoms with E-state index >= 15 is 0 Å². The third-order valence-electron chi connectivity index (χ3n) is 5.51. The Bertz CT molecular complexity index is 530. The monoisotopic (exact) mass is 283 g/mol. The summed E-state index contributed by atoms with van der Waals surface area (Å²) in [6.45, 7) is 6.84. The molecule has 0 radical (unpaired) electrons. The first-order chi connectivity index (χ1) is 10.1. The van der Waals surface area contributed by atoms with Crippen LogP contribution in [-0.4, -0.2) is 24.0 Å². The molecule has 3 rings (SSSR count). The number of piperidine rings is 1. The van der Waals surface area contributed by atoms with Crippen LogP contribution in [0.25, 0.3) is 5.57 Å². The molecule has 2 unspecified atom stereocenters. The Balaban J connectivity index is 2.08. The molecule has 2 heterocycles. The number of benzene rings is 1. The number of hydrogen-bond donors (Lipinski definition) is 0. The summed E-state index contributed by atoms with van der Waals surface area (Å²) in [7, 11) is 2.32. The van der Waals surface area contributed by atoms with Crippen molar-refractivity contribution in [2.75, 3.05) is 7.05 Å². The lowest BCUT2D eigenvalue weighted by atomic mass is 9.80. The van der Waals surface area contributed by atoms with Gasteiger partial charge in [-0.05, 0) is 68.3 Å². The van der Waals surface area contributed by atoms with E-state index in [4.69, 9.17) is 0 Å². The van der Waals surface area contributed by atoms with Gasteiger partial charge < -0.3 is 0 Å². The van der Waals surface area contributed by atoms with E-state index in [2.05, 4.69) is 50.9 Å². The molecular weight excluding hydrogens is 254 g/mol. The molecular formula is C20H29N. The first-order valence-corrected chi connectivity index (χ1v) is 8.69. The van der Waals surface area contributed by atoms with Gasteiger partial charge in [0.05, 0.1) is 0 Å². The SMILES string of the molecule is CCc1cc(C)cc(CC)c1C1=CC2CCCC(C1)N2C. The smallest absolute Gasteiger partial charge is 0.0284 e. The molecule has 0 N–H and O–H groups in total. The number of hydrogen-bond acceptors (Lipinski definition) is 1. The molecule has 2 bridgehead atoms. The van der Waals surface area contributed by atoms with E-state index in [1.54, 1.807) is 22.3 Å². The zero-order chi connectivity index (χ0) is 15.0. The quantitative estimate of drug-likeness (QED) is 0.773. The molecule has 2 aliphatic rings. The molecule has 2 atom stereocenters. The normalized spacial score (nSPS) is 25.8. The summed E-state index contributed by atoms with van der Waals surface area (Å²) >= 11 is 0. The lowest BCUT2D eigenvalue weighted by molar-refractivity contribution is 0.137. The predicted molar refractivity (Wildman–Crippen MR) is 91.7 cm³/mol. The Morgan fingerprint density at radius 3 is 2.33 bits per heavy atom. The van der Waals surface area contributed by atoms with E-state index in [0.717, 1.165) is 18.9 Å².